The highest BCUT2D eigenvalue weighted by atomic mass is 19.2. The Hall–Kier alpha value is -1.29. The Balaban J connectivity index is 2.73. The molecule has 1 aromatic carbocycles. The Morgan fingerprint density at radius 3 is 2.37 bits per heavy atom. The molecular formula is C15H20F3N. The van der Waals surface area contributed by atoms with Gasteiger partial charge < -0.3 is 5.32 Å². The Labute approximate surface area is 112 Å². The third-order valence-corrected chi connectivity index (χ3v) is 2.71. The summed E-state index contributed by atoms with van der Waals surface area (Å²) in [4.78, 5) is 0. The number of allylic oxidation sites excluding steroid dienone is 1. The van der Waals surface area contributed by atoms with Crippen LogP contribution in [0, 0.1) is 17.5 Å². The lowest BCUT2D eigenvalue weighted by Crippen LogP contribution is -2.36. The Morgan fingerprint density at radius 2 is 1.79 bits per heavy atom. The van der Waals surface area contributed by atoms with Crippen molar-refractivity contribution in [2.45, 2.75) is 39.7 Å². The molecule has 106 valence electrons. The van der Waals surface area contributed by atoms with Crippen molar-refractivity contribution in [3.05, 3.63) is 41.2 Å². The quantitative estimate of drug-likeness (QED) is 0.636. The van der Waals surface area contributed by atoms with Gasteiger partial charge in [0, 0.05) is 11.1 Å². The van der Waals surface area contributed by atoms with E-state index in [1.165, 1.54) is 6.07 Å². The molecule has 0 aromatic heterocycles. The van der Waals surface area contributed by atoms with Crippen LogP contribution in [0.1, 0.15) is 39.7 Å². The standard InChI is InChI=1S/C15H20F3N/c1-10(6-5-9-19-15(2,3)4)11-7-8-12(16)14(18)13(11)17/h6-8,19H,5,9H2,1-4H3. The first-order valence-corrected chi connectivity index (χ1v) is 6.28. The zero-order valence-corrected chi connectivity index (χ0v) is 11.8. The molecule has 0 heterocycles. The first-order chi connectivity index (χ1) is 8.72. The number of benzene rings is 1. The van der Waals surface area contributed by atoms with Crippen LogP contribution in [0.2, 0.25) is 0 Å². The molecule has 1 rings (SSSR count). The molecule has 1 nitrogen and oxygen atoms in total. The molecule has 0 radical (unpaired) electrons. The van der Waals surface area contributed by atoms with Gasteiger partial charge in [-0.1, -0.05) is 6.08 Å². The smallest absolute Gasteiger partial charge is 0.195 e. The third kappa shape index (κ3) is 4.71. The minimum absolute atomic E-state index is 0.0228. The van der Waals surface area contributed by atoms with E-state index in [2.05, 4.69) is 26.1 Å². The second-order valence-electron chi connectivity index (χ2n) is 5.58. The summed E-state index contributed by atoms with van der Waals surface area (Å²) >= 11 is 0. The first-order valence-electron chi connectivity index (χ1n) is 6.28. The number of rotatable bonds is 4. The van der Waals surface area contributed by atoms with Crippen LogP contribution in [0.5, 0.6) is 0 Å². The Bertz CT molecular complexity index is 473. The summed E-state index contributed by atoms with van der Waals surface area (Å²) in [7, 11) is 0. The highest BCUT2D eigenvalue weighted by molar-refractivity contribution is 5.64. The lowest BCUT2D eigenvalue weighted by molar-refractivity contribution is 0.431. The summed E-state index contributed by atoms with van der Waals surface area (Å²) in [5.41, 5.74) is 0.733. The summed E-state index contributed by atoms with van der Waals surface area (Å²) in [6.07, 6.45) is 2.51. The molecule has 0 fully saturated rings. The highest BCUT2D eigenvalue weighted by Gasteiger charge is 2.14. The molecule has 1 aromatic rings. The largest absolute Gasteiger partial charge is 0.312 e. The summed E-state index contributed by atoms with van der Waals surface area (Å²) in [5, 5.41) is 3.29. The van der Waals surface area contributed by atoms with Gasteiger partial charge in [0.2, 0.25) is 0 Å². The predicted octanol–water partition coefficient (Wildman–Crippen LogP) is 4.29. The van der Waals surface area contributed by atoms with Crippen LogP contribution in [0.3, 0.4) is 0 Å². The molecule has 1 N–H and O–H groups in total. The average molecular weight is 271 g/mol. The molecular weight excluding hydrogens is 251 g/mol. The molecule has 0 spiro atoms. The summed E-state index contributed by atoms with van der Waals surface area (Å²) < 4.78 is 39.5. The van der Waals surface area contributed by atoms with Crippen molar-refractivity contribution in [1.29, 1.82) is 0 Å². The van der Waals surface area contributed by atoms with Gasteiger partial charge >= 0.3 is 0 Å². The SMILES string of the molecule is CC(=CCCNC(C)(C)C)c1ccc(F)c(F)c1F. The van der Waals surface area contributed by atoms with E-state index in [4.69, 9.17) is 0 Å². The van der Waals surface area contributed by atoms with E-state index in [1.807, 2.05) is 6.08 Å². The van der Waals surface area contributed by atoms with Crippen molar-refractivity contribution in [2.24, 2.45) is 0 Å². The van der Waals surface area contributed by atoms with Gasteiger partial charge in [-0.05, 0) is 58.4 Å². The zero-order valence-electron chi connectivity index (χ0n) is 11.8. The van der Waals surface area contributed by atoms with Crippen molar-refractivity contribution < 1.29 is 13.2 Å². The van der Waals surface area contributed by atoms with E-state index in [1.54, 1.807) is 6.92 Å². The van der Waals surface area contributed by atoms with E-state index in [9.17, 15) is 13.2 Å². The number of nitrogens with one attached hydrogen (secondary N) is 1. The molecule has 0 saturated heterocycles. The van der Waals surface area contributed by atoms with Gasteiger partial charge in [-0.3, -0.25) is 0 Å². The van der Waals surface area contributed by atoms with Gasteiger partial charge in [-0.15, -0.1) is 0 Å². The zero-order chi connectivity index (χ0) is 14.6. The fourth-order valence-corrected chi connectivity index (χ4v) is 1.68. The van der Waals surface area contributed by atoms with Crippen molar-refractivity contribution in [2.75, 3.05) is 6.54 Å². The lowest BCUT2D eigenvalue weighted by Gasteiger charge is -2.19. The number of hydrogen-bond acceptors (Lipinski definition) is 1. The molecule has 0 bridgehead atoms. The lowest BCUT2D eigenvalue weighted by atomic mass is 10.0. The third-order valence-electron chi connectivity index (χ3n) is 2.71. The molecule has 0 aliphatic heterocycles. The first kappa shape index (κ1) is 15.8. The van der Waals surface area contributed by atoms with Gasteiger partial charge in [0.1, 0.15) is 0 Å². The van der Waals surface area contributed by atoms with E-state index in [-0.39, 0.29) is 11.1 Å². The molecule has 4 heteroatoms. The molecule has 0 aliphatic rings. The van der Waals surface area contributed by atoms with Crippen LogP contribution in [0.4, 0.5) is 13.2 Å². The van der Waals surface area contributed by atoms with Gasteiger partial charge in [-0.25, -0.2) is 13.2 Å². The minimum Gasteiger partial charge on any atom is -0.312 e. The average Bonchev–Trinajstić information content (AvgIpc) is 2.30. The van der Waals surface area contributed by atoms with Gasteiger partial charge in [0.05, 0.1) is 0 Å². The highest BCUT2D eigenvalue weighted by Crippen LogP contribution is 2.22. The monoisotopic (exact) mass is 271 g/mol. The van der Waals surface area contributed by atoms with Crippen LogP contribution >= 0.6 is 0 Å². The van der Waals surface area contributed by atoms with E-state index >= 15 is 0 Å². The summed E-state index contributed by atoms with van der Waals surface area (Å²) in [6.45, 7) is 8.59. The van der Waals surface area contributed by atoms with Crippen LogP contribution in [0.15, 0.2) is 18.2 Å². The van der Waals surface area contributed by atoms with Gasteiger partial charge in [0.15, 0.2) is 17.5 Å². The molecule has 0 aliphatic carbocycles. The molecule has 0 atom stereocenters. The van der Waals surface area contributed by atoms with E-state index in [0.29, 0.717) is 12.0 Å². The van der Waals surface area contributed by atoms with Crippen LogP contribution in [-0.4, -0.2) is 12.1 Å². The summed E-state index contributed by atoms with van der Waals surface area (Å²) in [5.74, 6) is -3.71. The van der Waals surface area contributed by atoms with Crippen molar-refractivity contribution in [1.82, 2.24) is 5.32 Å². The van der Waals surface area contributed by atoms with Crippen molar-refractivity contribution in [3.63, 3.8) is 0 Å². The fraction of sp³-hybridized carbons (Fsp3) is 0.467. The Morgan fingerprint density at radius 1 is 1.16 bits per heavy atom. The number of halogens is 3. The maximum Gasteiger partial charge on any atom is 0.195 e. The van der Waals surface area contributed by atoms with Crippen LogP contribution in [0.25, 0.3) is 5.57 Å². The van der Waals surface area contributed by atoms with Gasteiger partial charge in [-0.2, -0.15) is 0 Å². The normalized spacial score (nSPS) is 12.9. The molecule has 0 unspecified atom stereocenters. The fourth-order valence-electron chi connectivity index (χ4n) is 1.68. The topological polar surface area (TPSA) is 12.0 Å². The second kappa shape index (κ2) is 6.24. The van der Waals surface area contributed by atoms with Crippen LogP contribution in [-0.2, 0) is 0 Å². The molecule has 19 heavy (non-hydrogen) atoms. The summed E-state index contributed by atoms with van der Waals surface area (Å²) in [6, 6.07) is 2.20. The molecule has 0 saturated carbocycles. The van der Waals surface area contributed by atoms with E-state index < -0.39 is 17.5 Å². The minimum atomic E-state index is -1.42. The second-order valence-corrected chi connectivity index (χ2v) is 5.58. The van der Waals surface area contributed by atoms with Crippen molar-refractivity contribution >= 4 is 5.57 Å². The van der Waals surface area contributed by atoms with Crippen LogP contribution < -0.4 is 5.32 Å². The molecule has 0 amide bonds. The predicted molar refractivity (Wildman–Crippen MR) is 72.3 cm³/mol. The van der Waals surface area contributed by atoms with Gasteiger partial charge in [0.25, 0.3) is 0 Å². The Kier molecular flexibility index (Phi) is 5.18. The van der Waals surface area contributed by atoms with Crippen molar-refractivity contribution in [3.8, 4) is 0 Å². The number of hydrogen-bond donors (Lipinski definition) is 1. The maximum absolute atomic E-state index is 13.5. The van der Waals surface area contributed by atoms with E-state index in [0.717, 1.165) is 12.6 Å². The maximum atomic E-state index is 13.5.